The van der Waals surface area contributed by atoms with E-state index in [0.29, 0.717) is 18.4 Å². The van der Waals surface area contributed by atoms with Gasteiger partial charge in [-0.2, -0.15) is 5.10 Å². The van der Waals surface area contributed by atoms with E-state index in [1.165, 1.54) is 11.1 Å². The van der Waals surface area contributed by atoms with Crippen molar-refractivity contribution < 1.29 is 4.79 Å². The van der Waals surface area contributed by atoms with Gasteiger partial charge in [0, 0.05) is 42.3 Å². The molecule has 0 spiro atoms. The summed E-state index contributed by atoms with van der Waals surface area (Å²) in [6, 6.07) is 14.7. The standard InChI is InChI=1S/C27H27N7OS/c1-16(2)28-12-22(15-35)34-13-18-4-3-17(9-20(18)14-34)26-31-24-7-8-36-25(24)27(32-26)30-21-5-6-23-19(10-21)11-29-33-23/h3-11,15-16,22,28H,12-14H2,1-2H3,(H,29,33)(H,30,31,32). The quantitative estimate of drug-likeness (QED) is 0.263. The van der Waals surface area contributed by atoms with Crippen LogP contribution in [0.15, 0.2) is 54.0 Å². The van der Waals surface area contributed by atoms with Crippen molar-refractivity contribution in [2.75, 3.05) is 11.9 Å². The number of H-pyrrole nitrogens is 1. The van der Waals surface area contributed by atoms with Crippen LogP contribution >= 0.6 is 11.3 Å². The van der Waals surface area contributed by atoms with E-state index in [2.05, 4.69) is 63.8 Å². The van der Waals surface area contributed by atoms with Crippen LogP contribution in [0.2, 0.25) is 0 Å². The van der Waals surface area contributed by atoms with Gasteiger partial charge < -0.3 is 15.4 Å². The van der Waals surface area contributed by atoms with Crippen molar-refractivity contribution in [2.24, 2.45) is 0 Å². The number of hydrogen-bond acceptors (Lipinski definition) is 8. The molecule has 0 saturated heterocycles. The summed E-state index contributed by atoms with van der Waals surface area (Å²) in [5, 5.41) is 17.1. The molecule has 1 aliphatic rings. The molecule has 2 aromatic carbocycles. The second-order valence-corrected chi connectivity index (χ2v) is 10.4. The summed E-state index contributed by atoms with van der Waals surface area (Å²) in [6.07, 6.45) is 2.86. The lowest BCUT2D eigenvalue weighted by atomic mass is 10.1. The number of carbonyl (C=O) groups excluding carboxylic acids is 1. The maximum Gasteiger partial charge on any atom is 0.162 e. The van der Waals surface area contributed by atoms with E-state index >= 15 is 0 Å². The predicted molar refractivity (Wildman–Crippen MR) is 144 cm³/mol. The highest BCUT2D eigenvalue weighted by Gasteiger charge is 2.26. The van der Waals surface area contributed by atoms with E-state index in [4.69, 9.17) is 9.97 Å². The number of fused-ring (bicyclic) bond motifs is 3. The second-order valence-electron chi connectivity index (χ2n) is 9.48. The highest BCUT2D eigenvalue weighted by atomic mass is 32.1. The van der Waals surface area contributed by atoms with Crippen molar-refractivity contribution in [2.45, 2.75) is 39.0 Å². The number of nitrogens with one attached hydrogen (secondary N) is 3. The van der Waals surface area contributed by atoms with Crippen LogP contribution in [0.5, 0.6) is 0 Å². The first-order valence-electron chi connectivity index (χ1n) is 12.1. The third kappa shape index (κ3) is 4.37. The summed E-state index contributed by atoms with van der Waals surface area (Å²) in [5.41, 5.74) is 6.30. The molecule has 182 valence electrons. The van der Waals surface area contributed by atoms with Gasteiger partial charge >= 0.3 is 0 Å². The molecular weight excluding hydrogens is 470 g/mol. The Bertz CT molecular complexity index is 1560. The van der Waals surface area contributed by atoms with Crippen LogP contribution in [0.25, 0.3) is 32.5 Å². The minimum Gasteiger partial charge on any atom is -0.339 e. The van der Waals surface area contributed by atoms with Crippen LogP contribution in [0.4, 0.5) is 11.5 Å². The maximum atomic E-state index is 11.8. The lowest BCUT2D eigenvalue weighted by molar-refractivity contribution is -0.112. The number of carbonyl (C=O) groups is 1. The second kappa shape index (κ2) is 9.42. The highest BCUT2D eigenvalue weighted by molar-refractivity contribution is 7.17. The Morgan fingerprint density at radius 2 is 2.00 bits per heavy atom. The van der Waals surface area contributed by atoms with Crippen molar-refractivity contribution in [1.82, 2.24) is 30.4 Å². The Balaban J connectivity index is 1.29. The third-order valence-corrected chi connectivity index (χ3v) is 7.49. The van der Waals surface area contributed by atoms with Gasteiger partial charge in [0.2, 0.25) is 0 Å². The monoisotopic (exact) mass is 497 g/mol. The number of aromatic amines is 1. The number of aromatic nitrogens is 4. The van der Waals surface area contributed by atoms with Crippen LogP contribution in [0.1, 0.15) is 25.0 Å². The van der Waals surface area contributed by atoms with Gasteiger partial charge in [0.1, 0.15) is 6.29 Å². The fourth-order valence-electron chi connectivity index (χ4n) is 4.65. The van der Waals surface area contributed by atoms with Gasteiger partial charge in [-0.15, -0.1) is 11.3 Å². The average molecular weight is 498 g/mol. The number of benzene rings is 2. The highest BCUT2D eigenvalue weighted by Crippen LogP contribution is 2.33. The molecule has 9 heteroatoms. The van der Waals surface area contributed by atoms with Gasteiger partial charge in [-0.05, 0) is 46.8 Å². The fourth-order valence-corrected chi connectivity index (χ4v) is 5.42. The first-order chi connectivity index (χ1) is 17.6. The predicted octanol–water partition coefficient (Wildman–Crippen LogP) is 4.86. The van der Waals surface area contributed by atoms with E-state index in [0.717, 1.165) is 57.6 Å². The summed E-state index contributed by atoms with van der Waals surface area (Å²) < 4.78 is 1.02. The number of rotatable bonds is 8. The molecule has 0 radical (unpaired) electrons. The number of thiophene rings is 1. The molecule has 0 fully saturated rings. The molecule has 0 bridgehead atoms. The zero-order valence-electron chi connectivity index (χ0n) is 20.2. The molecule has 1 aliphatic heterocycles. The maximum absolute atomic E-state index is 11.8. The van der Waals surface area contributed by atoms with E-state index < -0.39 is 0 Å². The normalized spacial score (nSPS) is 14.5. The van der Waals surface area contributed by atoms with Crippen molar-refractivity contribution in [1.29, 1.82) is 0 Å². The van der Waals surface area contributed by atoms with Crippen LogP contribution in [-0.2, 0) is 17.9 Å². The van der Waals surface area contributed by atoms with Crippen LogP contribution < -0.4 is 10.6 Å². The smallest absolute Gasteiger partial charge is 0.162 e. The van der Waals surface area contributed by atoms with Crippen LogP contribution in [-0.4, -0.2) is 50.0 Å². The van der Waals surface area contributed by atoms with E-state index in [-0.39, 0.29) is 6.04 Å². The molecule has 0 amide bonds. The lowest BCUT2D eigenvalue weighted by Gasteiger charge is -2.23. The third-order valence-electron chi connectivity index (χ3n) is 6.58. The Labute approximate surface area is 212 Å². The lowest BCUT2D eigenvalue weighted by Crippen LogP contribution is -2.42. The summed E-state index contributed by atoms with van der Waals surface area (Å²) in [4.78, 5) is 23.8. The Morgan fingerprint density at radius 1 is 1.11 bits per heavy atom. The minimum atomic E-state index is -0.148. The van der Waals surface area contributed by atoms with Crippen molar-refractivity contribution in [3.05, 3.63) is 65.2 Å². The molecule has 6 rings (SSSR count). The van der Waals surface area contributed by atoms with E-state index in [9.17, 15) is 4.79 Å². The zero-order chi connectivity index (χ0) is 24.6. The molecule has 5 aromatic rings. The number of anilines is 2. The molecule has 1 atom stereocenters. The summed E-state index contributed by atoms with van der Waals surface area (Å²) in [6.45, 7) is 6.35. The first kappa shape index (κ1) is 22.8. The average Bonchev–Trinajstić information content (AvgIpc) is 3.62. The van der Waals surface area contributed by atoms with Crippen molar-refractivity contribution >= 4 is 50.2 Å². The van der Waals surface area contributed by atoms with E-state index in [1.807, 2.05) is 29.8 Å². The SMILES string of the molecule is CC(C)NCC(C=O)N1Cc2ccc(-c3nc(Nc4ccc5[nH]ncc5c4)c4sccc4n3)cc2C1. The molecule has 0 aliphatic carbocycles. The van der Waals surface area contributed by atoms with Crippen molar-refractivity contribution in [3.8, 4) is 11.4 Å². The molecular formula is C27H27N7OS. The Kier molecular flexibility index (Phi) is 5.96. The number of hydrogen-bond donors (Lipinski definition) is 3. The molecule has 3 aromatic heterocycles. The molecule has 3 N–H and O–H groups in total. The fraction of sp³-hybridized carbons (Fsp3) is 0.259. The van der Waals surface area contributed by atoms with Crippen LogP contribution in [0, 0.1) is 0 Å². The van der Waals surface area contributed by atoms with Gasteiger partial charge in [-0.3, -0.25) is 10.00 Å². The van der Waals surface area contributed by atoms with Crippen molar-refractivity contribution in [3.63, 3.8) is 0 Å². The van der Waals surface area contributed by atoms with Gasteiger partial charge in [-0.1, -0.05) is 26.0 Å². The molecule has 0 saturated carbocycles. The molecule has 36 heavy (non-hydrogen) atoms. The summed E-state index contributed by atoms with van der Waals surface area (Å²) >= 11 is 1.62. The molecule has 1 unspecified atom stereocenters. The number of nitrogens with zero attached hydrogens (tertiary/aromatic N) is 4. The first-order valence-corrected chi connectivity index (χ1v) is 13.0. The molecule has 4 heterocycles. The largest absolute Gasteiger partial charge is 0.339 e. The molecule has 8 nitrogen and oxygen atoms in total. The number of aldehydes is 1. The Morgan fingerprint density at radius 3 is 2.86 bits per heavy atom. The van der Waals surface area contributed by atoms with E-state index in [1.54, 1.807) is 11.3 Å². The van der Waals surface area contributed by atoms with Gasteiger partial charge in [0.15, 0.2) is 11.6 Å². The van der Waals surface area contributed by atoms with Gasteiger partial charge in [0.25, 0.3) is 0 Å². The summed E-state index contributed by atoms with van der Waals surface area (Å²) in [7, 11) is 0. The van der Waals surface area contributed by atoms with Crippen LogP contribution in [0.3, 0.4) is 0 Å². The van der Waals surface area contributed by atoms with Gasteiger partial charge in [0.05, 0.1) is 28.0 Å². The minimum absolute atomic E-state index is 0.148. The Hall–Kier alpha value is -3.66. The topological polar surface area (TPSA) is 98.8 Å². The summed E-state index contributed by atoms with van der Waals surface area (Å²) in [5.74, 6) is 1.47. The zero-order valence-corrected chi connectivity index (χ0v) is 21.0. The van der Waals surface area contributed by atoms with Gasteiger partial charge in [-0.25, -0.2) is 9.97 Å².